The lowest BCUT2D eigenvalue weighted by Crippen LogP contribution is -2.35. The van der Waals surface area contributed by atoms with Gasteiger partial charge in [0.15, 0.2) is 0 Å². The molecule has 0 aliphatic carbocycles. The number of nitrogens with zero attached hydrogens (tertiary/aromatic N) is 1. The minimum absolute atomic E-state index is 0.488. The minimum Gasteiger partial charge on any atom is -0.481 e. The third-order valence-electron chi connectivity index (χ3n) is 4.60. The molecule has 2 heterocycles. The first-order chi connectivity index (χ1) is 11.1. The van der Waals surface area contributed by atoms with Crippen molar-refractivity contribution in [3.63, 3.8) is 0 Å². The number of aryl methyl sites for hydroxylation is 1. The fraction of sp³-hybridized carbons (Fsp3) is 0.368. The fourth-order valence-electron chi connectivity index (χ4n) is 2.95. The Hall–Kier alpha value is -2.20. The van der Waals surface area contributed by atoms with Gasteiger partial charge in [0.25, 0.3) is 0 Å². The average molecular weight is 311 g/mol. The van der Waals surface area contributed by atoms with Crippen LogP contribution in [0.3, 0.4) is 0 Å². The molecule has 0 bridgehead atoms. The lowest BCUT2D eigenvalue weighted by molar-refractivity contribution is -0.150. The molecule has 1 aliphatic heterocycles. The average Bonchev–Trinajstić information content (AvgIpc) is 2.60. The van der Waals surface area contributed by atoms with Crippen molar-refractivity contribution in [1.82, 2.24) is 4.98 Å². The molecule has 120 valence electrons. The normalized spacial score (nSPS) is 17.6. The second kappa shape index (κ2) is 6.50. The van der Waals surface area contributed by atoms with E-state index in [2.05, 4.69) is 30.1 Å². The summed E-state index contributed by atoms with van der Waals surface area (Å²) in [4.78, 5) is 16.1. The zero-order valence-electron chi connectivity index (χ0n) is 13.3. The van der Waals surface area contributed by atoms with Gasteiger partial charge in [-0.3, -0.25) is 9.78 Å². The van der Waals surface area contributed by atoms with Crippen LogP contribution in [0.4, 0.5) is 0 Å². The zero-order chi connectivity index (χ0) is 16.3. The summed E-state index contributed by atoms with van der Waals surface area (Å²) >= 11 is 0. The van der Waals surface area contributed by atoms with Gasteiger partial charge in [0.2, 0.25) is 0 Å². The van der Waals surface area contributed by atoms with Gasteiger partial charge in [-0.1, -0.05) is 31.2 Å². The number of aliphatic carboxylic acids is 1. The highest BCUT2D eigenvalue weighted by Gasteiger charge is 2.37. The van der Waals surface area contributed by atoms with Crippen LogP contribution in [0.1, 0.15) is 31.0 Å². The summed E-state index contributed by atoms with van der Waals surface area (Å²) in [6.45, 7) is 3.11. The predicted molar refractivity (Wildman–Crippen MR) is 90.3 cm³/mol. The summed E-state index contributed by atoms with van der Waals surface area (Å²) in [6.07, 6.45) is 7.46. The molecule has 1 aromatic heterocycles. The number of carboxylic acid groups (broad SMARTS) is 1. The molecule has 0 saturated carbocycles. The predicted octanol–water partition coefficient (Wildman–Crippen LogP) is 3.69. The van der Waals surface area contributed by atoms with Crippen molar-refractivity contribution in [1.29, 1.82) is 0 Å². The summed E-state index contributed by atoms with van der Waals surface area (Å²) < 4.78 is 5.30. The summed E-state index contributed by atoms with van der Waals surface area (Å²) in [7, 11) is 0. The van der Waals surface area contributed by atoms with E-state index in [0.717, 1.165) is 22.9 Å². The van der Waals surface area contributed by atoms with Crippen LogP contribution in [0.15, 0.2) is 36.5 Å². The lowest BCUT2D eigenvalue weighted by atomic mass is 9.80. The van der Waals surface area contributed by atoms with E-state index in [4.69, 9.17) is 4.74 Å². The Kier molecular flexibility index (Phi) is 4.44. The molecule has 1 aliphatic rings. The van der Waals surface area contributed by atoms with Gasteiger partial charge in [0.1, 0.15) is 0 Å². The summed E-state index contributed by atoms with van der Waals surface area (Å²) in [5.74, 6) is -0.786. The Balaban J connectivity index is 1.91. The van der Waals surface area contributed by atoms with Crippen LogP contribution in [0.2, 0.25) is 0 Å². The maximum Gasteiger partial charge on any atom is 0.313 e. The van der Waals surface area contributed by atoms with Crippen LogP contribution < -0.4 is 0 Å². The molecule has 1 N–H and O–H groups in total. The topological polar surface area (TPSA) is 59.4 Å². The summed E-state index contributed by atoms with van der Waals surface area (Å²) in [6, 6.07) is 8.36. The Morgan fingerprint density at radius 3 is 2.78 bits per heavy atom. The first-order valence-electron chi connectivity index (χ1n) is 8.02. The Bertz CT molecular complexity index is 745. The number of ether oxygens (including phenoxy) is 1. The zero-order valence-corrected chi connectivity index (χ0v) is 13.3. The Labute approximate surface area is 135 Å². The van der Waals surface area contributed by atoms with Crippen LogP contribution in [0.25, 0.3) is 16.8 Å². The molecule has 3 rings (SSSR count). The number of hydrogen-bond donors (Lipinski definition) is 1. The van der Waals surface area contributed by atoms with Gasteiger partial charge in [-0.2, -0.15) is 0 Å². The Morgan fingerprint density at radius 2 is 2.09 bits per heavy atom. The number of carbonyl (C=O) groups is 1. The van der Waals surface area contributed by atoms with E-state index >= 15 is 0 Å². The third-order valence-corrected chi connectivity index (χ3v) is 4.60. The van der Waals surface area contributed by atoms with Crippen molar-refractivity contribution in [2.75, 3.05) is 13.2 Å². The van der Waals surface area contributed by atoms with Crippen LogP contribution in [-0.2, 0) is 16.0 Å². The number of fused-ring (bicyclic) bond motifs is 1. The number of pyridine rings is 1. The van der Waals surface area contributed by atoms with Gasteiger partial charge < -0.3 is 9.84 Å². The molecule has 0 spiro atoms. The molecule has 2 aromatic rings. The number of carboxylic acids is 1. The molecular weight excluding hydrogens is 290 g/mol. The highest BCUT2D eigenvalue weighted by molar-refractivity contribution is 5.84. The van der Waals surface area contributed by atoms with Crippen molar-refractivity contribution in [3.8, 4) is 0 Å². The van der Waals surface area contributed by atoms with E-state index in [1.54, 1.807) is 6.08 Å². The lowest BCUT2D eigenvalue weighted by Gasteiger charge is -2.30. The van der Waals surface area contributed by atoms with E-state index in [0.29, 0.717) is 26.1 Å². The molecule has 1 aromatic carbocycles. The molecule has 23 heavy (non-hydrogen) atoms. The maximum atomic E-state index is 11.7. The van der Waals surface area contributed by atoms with Crippen LogP contribution >= 0.6 is 0 Å². The van der Waals surface area contributed by atoms with Crippen molar-refractivity contribution < 1.29 is 14.6 Å². The Morgan fingerprint density at radius 1 is 1.30 bits per heavy atom. The third kappa shape index (κ3) is 3.27. The standard InChI is InChI=1S/C19H21NO3/c1-2-14-3-4-15-13-20-17(12-16(15)11-14)5-6-19(18(21)22)7-9-23-10-8-19/h3-6,11-13H,2,7-10H2,1H3,(H,21,22)/b6-5+. The summed E-state index contributed by atoms with van der Waals surface area (Å²) in [5, 5.41) is 11.8. The van der Waals surface area contributed by atoms with E-state index in [1.165, 1.54) is 5.56 Å². The van der Waals surface area contributed by atoms with Gasteiger partial charge in [0, 0.05) is 24.8 Å². The van der Waals surface area contributed by atoms with E-state index in [-0.39, 0.29) is 0 Å². The number of aromatic nitrogens is 1. The molecular formula is C19H21NO3. The first-order valence-corrected chi connectivity index (χ1v) is 8.02. The fourth-order valence-corrected chi connectivity index (χ4v) is 2.95. The molecule has 1 fully saturated rings. The number of benzene rings is 1. The van der Waals surface area contributed by atoms with Gasteiger partial charge >= 0.3 is 5.97 Å². The molecule has 0 radical (unpaired) electrons. The first kappa shape index (κ1) is 15.7. The van der Waals surface area contributed by atoms with E-state index in [9.17, 15) is 9.90 Å². The van der Waals surface area contributed by atoms with Crippen molar-refractivity contribution >= 4 is 22.8 Å². The van der Waals surface area contributed by atoms with Crippen molar-refractivity contribution in [2.24, 2.45) is 5.41 Å². The highest BCUT2D eigenvalue weighted by atomic mass is 16.5. The second-order valence-corrected chi connectivity index (χ2v) is 6.05. The molecule has 1 saturated heterocycles. The minimum atomic E-state index is -0.833. The summed E-state index contributed by atoms with van der Waals surface area (Å²) in [5.41, 5.74) is 1.24. The number of hydrogen-bond acceptors (Lipinski definition) is 3. The van der Waals surface area contributed by atoms with Gasteiger partial charge in [-0.05, 0) is 42.4 Å². The molecule has 0 unspecified atom stereocenters. The SMILES string of the molecule is CCc1ccc2cnc(/C=C/C3(C(=O)O)CCOCC3)cc2c1. The molecule has 4 heteroatoms. The van der Waals surface area contributed by atoms with E-state index in [1.807, 2.05) is 18.3 Å². The van der Waals surface area contributed by atoms with Crippen molar-refractivity contribution in [2.45, 2.75) is 26.2 Å². The van der Waals surface area contributed by atoms with Crippen LogP contribution in [0, 0.1) is 5.41 Å². The molecule has 0 atom stereocenters. The van der Waals surface area contributed by atoms with Crippen LogP contribution in [-0.4, -0.2) is 29.3 Å². The van der Waals surface area contributed by atoms with E-state index < -0.39 is 11.4 Å². The number of rotatable bonds is 4. The molecule has 0 amide bonds. The van der Waals surface area contributed by atoms with Crippen molar-refractivity contribution in [3.05, 3.63) is 47.8 Å². The molecule has 4 nitrogen and oxygen atoms in total. The van der Waals surface area contributed by atoms with Crippen LogP contribution in [0.5, 0.6) is 0 Å². The second-order valence-electron chi connectivity index (χ2n) is 6.05. The smallest absolute Gasteiger partial charge is 0.313 e. The quantitative estimate of drug-likeness (QED) is 0.935. The maximum absolute atomic E-state index is 11.7. The van der Waals surface area contributed by atoms with Gasteiger partial charge in [-0.15, -0.1) is 0 Å². The van der Waals surface area contributed by atoms with Gasteiger partial charge in [-0.25, -0.2) is 0 Å². The van der Waals surface area contributed by atoms with Gasteiger partial charge in [0.05, 0.1) is 11.1 Å². The monoisotopic (exact) mass is 311 g/mol. The highest BCUT2D eigenvalue weighted by Crippen LogP contribution is 2.33. The largest absolute Gasteiger partial charge is 0.481 e.